The van der Waals surface area contributed by atoms with Crippen LogP contribution >= 0.6 is 0 Å². The number of anilines is 1. The number of halogens is 1. The Labute approximate surface area is 112 Å². The van der Waals surface area contributed by atoms with Gasteiger partial charge in [-0.15, -0.1) is 0 Å². The van der Waals surface area contributed by atoms with Crippen molar-refractivity contribution in [3.8, 4) is 0 Å². The van der Waals surface area contributed by atoms with Crippen LogP contribution in [0.15, 0.2) is 18.2 Å². The summed E-state index contributed by atoms with van der Waals surface area (Å²) in [5, 5.41) is 12.1. The lowest BCUT2D eigenvalue weighted by Gasteiger charge is -2.36. The van der Waals surface area contributed by atoms with Crippen molar-refractivity contribution >= 4 is 11.7 Å². The highest BCUT2D eigenvalue weighted by atomic mass is 19.1. The summed E-state index contributed by atoms with van der Waals surface area (Å²) in [5.41, 5.74) is 0.665. The average Bonchev–Trinajstić information content (AvgIpc) is 2.30. The lowest BCUT2D eigenvalue weighted by molar-refractivity contribution is 0.0697. The number of aromatic carboxylic acids is 1. The van der Waals surface area contributed by atoms with E-state index in [0.717, 1.165) is 19.3 Å². The van der Waals surface area contributed by atoms with Gasteiger partial charge in [0.15, 0.2) is 0 Å². The van der Waals surface area contributed by atoms with E-state index in [-0.39, 0.29) is 17.0 Å². The molecule has 4 heteroatoms. The van der Waals surface area contributed by atoms with Crippen molar-refractivity contribution in [2.45, 2.75) is 45.6 Å². The molecular weight excluding hydrogens is 245 g/mol. The summed E-state index contributed by atoms with van der Waals surface area (Å²) >= 11 is 0. The van der Waals surface area contributed by atoms with Crippen molar-refractivity contribution in [2.24, 2.45) is 5.41 Å². The van der Waals surface area contributed by atoms with Crippen molar-refractivity contribution in [3.63, 3.8) is 0 Å². The largest absolute Gasteiger partial charge is 0.478 e. The van der Waals surface area contributed by atoms with Gasteiger partial charge in [0.25, 0.3) is 0 Å². The molecule has 104 valence electrons. The third-order valence-corrected chi connectivity index (χ3v) is 3.78. The van der Waals surface area contributed by atoms with Gasteiger partial charge in [0.2, 0.25) is 0 Å². The molecule has 0 aliphatic heterocycles. The molecule has 2 rings (SSSR count). The molecule has 0 amide bonds. The molecule has 1 aromatic rings. The summed E-state index contributed by atoms with van der Waals surface area (Å²) in [6.07, 6.45) is 4.28. The van der Waals surface area contributed by atoms with Crippen molar-refractivity contribution < 1.29 is 14.3 Å². The number of carboxylic acid groups (broad SMARTS) is 1. The first kappa shape index (κ1) is 13.8. The molecule has 0 bridgehead atoms. The molecular formula is C15H20FNO2. The second kappa shape index (κ2) is 5.19. The molecule has 1 atom stereocenters. The van der Waals surface area contributed by atoms with Gasteiger partial charge in [0.1, 0.15) is 5.82 Å². The lowest BCUT2D eigenvalue weighted by atomic mass is 9.75. The fourth-order valence-corrected chi connectivity index (χ4v) is 2.81. The summed E-state index contributed by atoms with van der Waals surface area (Å²) in [7, 11) is 0. The zero-order chi connectivity index (χ0) is 14.0. The number of hydrogen-bond donors (Lipinski definition) is 2. The summed E-state index contributed by atoms with van der Waals surface area (Å²) < 4.78 is 13.7. The van der Waals surface area contributed by atoms with Crippen LogP contribution in [0.2, 0.25) is 0 Å². The van der Waals surface area contributed by atoms with E-state index in [4.69, 9.17) is 5.11 Å². The maximum Gasteiger partial charge on any atom is 0.335 e. The van der Waals surface area contributed by atoms with Crippen molar-refractivity contribution in [3.05, 3.63) is 29.6 Å². The minimum absolute atomic E-state index is 0.110. The molecule has 1 unspecified atom stereocenters. The molecule has 0 heterocycles. The summed E-state index contributed by atoms with van der Waals surface area (Å²) in [6, 6.07) is 4.08. The van der Waals surface area contributed by atoms with Crippen LogP contribution in [0.25, 0.3) is 0 Å². The fourth-order valence-electron chi connectivity index (χ4n) is 2.81. The molecule has 1 fully saturated rings. The molecule has 1 saturated carbocycles. The number of carbonyl (C=O) groups is 1. The van der Waals surface area contributed by atoms with Gasteiger partial charge in [-0.05, 0) is 42.9 Å². The van der Waals surface area contributed by atoms with E-state index in [1.165, 1.54) is 24.6 Å². The first-order chi connectivity index (χ1) is 8.87. The quantitative estimate of drug-likeness (QED) is 0.871. The molecule has 0 radical (unpaired) electrons. The molecule has 0 spiro atoms. The van der Waals surface area contributed by atoms with E-state index in [9.17, 15) is 9.18 Å². The molecule has 1 aliphatic rings. The molecule has 1 aromatic carbocycles. The number of hydrogen-bond acceptors (Lipinski definition) is 2. The van der Waals surface area contributed by atoms with Crippen molar-refractivity contribution in [1.29, 1.82) is 0 Å². The van der Waals surface area contributed by atoms with Crippen LogP contribution in [-0.4, -0.2) is 17.1 Å². The van der Waals surface area contributed by atoms with E-state index < -0.39 is 11.8 Å². The smallest absolute Gasteiger partial charge is 0.335 e. The normalized spacial score (nSPS) is 21.9. The van der Waals surface area contributed by atoms with Crippen LogP contribution in [0.4, 0.5) is 10.1 Å². The average molecular weight is 265 g/mol. The zero-order valence-corrected chi connectivity index (χ0v) is 11.4. The highest BCUT2D eigenvalue weighted by molar-refractivity contribution is 5.88. The Morgan fingerprint density at radius 2 is 2.21 bits per heavy atom. The van der Waals surface area contributed by atoms with Gasteiger partial charge < -0.3 is 10.4 Å². The second-order valence-corrected chi connectivity index (χ2v) is 6.10. The van der Waals surface area contributed by atoms with Crippen LogP contribution < -0.4 is 5.32 Å². The standard InChI is InChI=1S/C15H20FNO2/c1-15(2)7-3-4-11(9-15)17-13-8-10(14(18)19)5-6-12(13)16/h5-6,8,11,17H,3-4,7,9H2,1-2H3,(H,18,19). The van der Waals surface area contributed by atoms with Gasteiger partial charge in [0, 0.05) is 6.04 Å². The molecule has 2 N–H and O–H groups in total. The van der Waals surface area contributed by atoms with E-state index >= 15 is 0 Å². The Bertz CT molecular complexity index is 485. The summed E-state index contributed by atoms with van der Waals surface area (Å²) in [6.45, 7) is 4.43. The predicted octanol–water partition coefficient (Wildman–Crippen LogP) is 3.90. The second-order valence-electron chi connectivity index (χ2n) is 6.10. The Kier molecular flexibility index (Phi) is 3.78. The lowest BCUT2D eigenvalue weighted by Crippen LogP contribution is -2.32. The molecule has 1 aliphatic carbocycles. The maximum absolute atomic E-state index is 13.7. The van der Waals surface area contributed by atoms with E-state index in [0.29, 0.717) is 5.69 Å². The topological polar surface area (TPSA) is 49.3 Å². The van der Waals surface area contributed by atoms with Gasteiger partial charge >= 0.3 is 5.97 Å². The highest BCUT2D eigenvalue weighted by Crippen LogP contribution is 2.36. The van der Waals surface area contributed by atoms with E-state index in [1.807, 2.05) is 0 Å². The Hall–Kier alpha value is -1.58. The number of benzene rings is 1. The first-order valence-electron chi connectivity index (χ1n) is 6.67. The molecule has 19 heavy (non-hydrogen) atoms. The predicted molar refractivity (Wildman–Crippen MR) is 73.0 cm³/mol. The Morgan fingerprint density at radius 3 is 2.84 bits per heavy atom. The van der Waals surface area contributed by atoms with E-state index in [1.54, 1.807) is 0 Å². The van der Waals surface area contributed by atoms with Gasteiger partial charge in [0.05, 0.1) is 11.3 Å². The minimum atomic E-state index is -1.04. The highest BCUT2D eigenvalue weighted by Gasteiger charge is 2.28. The van der Waals surface area contributed by atoms with Crippen LogP contribution in [-0.2, 0) is 0 Å². The monoisotopic (exact) mass is 265 g/mol. The van der Waals surface area contributed by atoms with Gasteiger partial charge in [-0.1, -0.05) is 20.3 Å². The zero-order valence-electron chi connectivity index (χ0n) is 11.4. The summed E-state index contributed by atoms with van der Waals surface area (Å²) in [4.78, 5) is 10.9. The molecule has 0 saturated heterocycles. The van der Waals surface area contributed by atoms with Crippen LogP contribution in [0, 0.1) is 11.2 Å². The van der Waals surface area contributed by atoms with Crippen LogP contribution in [0.3, 0.4) is 0 Å². The fraction of sp³-hybridized carbons (Fsp3) is 0.533. The Morgan fingerprint density at radius 1 is 1.47 bits per heavy atom. The Balaban J connectivity index is 2.14. The third kappa shape index (κ3) is 3.46. The van der Waals surface area contributed by atoms with E-state index in [2.05, 4.69) is 19.2 Å². The van der Waals surface area contributed by atoms with Crippen LogP contribution in [0.1, 0.15) is 49.9 Å². The van der Waals surface area contributed by atoms with Crippen LogP contribution in [0.5, 0.6) is 0 Å². The molecule has 3 nitrogen and oxygen atoms in total. The minimum Gasteiger partial charge on any atom is -0.478 e. The first-order valence-corrected chi connectivity index (χ1v) is 6.67. The maximum atomic E-state index is 13.7. The molecule has 0 aromatic heterocycles. The van der Waals surface area contributed by atoms with Crippen molar-refractivity contribution in [2.75, 3.05) is 5.32 Å². The number of rotatable bonds is 3. The number of carboxylic acids is 1. The van der Waals surface area contributed by atoms with Crippen molar-refractivity contribution in [1.82, 2.24) is 0 Å². The van der Waals surface area contributed by atoms with Gasteiger partial charge in [-0.25, -0.2) is 9.18 Å². The third-order valence-electron chi connectivity index (χ3n) is 3.78. The number of nitrogens with one attached hydrogen (secondary N) is 1. The van der Waals surface area contributed by atoms with Gasteiger partial charge in [-0.2, -0.15) is 0 Å². The summed E-state index contributed by atoms with van der Waals surface area (Å²) in [5.74, 6) is -1.43. The van der Waals surface area contributed by atoms with Gasteiger partial charge in [-0.3, -0.25) is 0 Å². The SMILES string of the molecule is CC1(C)CCCC(Nc2cc(C(=O)O)ccc2F)C1.